The second-order valence-electron chi connectivity index (χ2n) is 3.83. The van der Waals surface area contributed by atoms with Crippen molar-refractivity contribution in [3.8, 4) is 0 Å². The van der Waals surface area contributed by atoms with Crippen molar-refractivity contribution in [3.63, 3.8) is 0 Å². The third-order valence-corrected chi connectivity index (χ3v) is 1.99. The Balaban J connectivity index is 3.07. The molecule has 0 fully saturated rings. The Hall–Kier alpha value is -0.950. The molecule has 112 valence electrons. The van der Waals surface area contributed by atoms with E-state index in [1.807, 2.05) is 0 Å². The maximum Gasteiger partial charge on any atom is 0.333 e. The van der Waals surface area contributed by atoms with Gasteiger partial charge in [-0.2, -0.15) is 0 Å². The number of carbonyl (C=O) groups is 1. The van der Waals surface area contributed by atoms with Crippen LogP contribution in [-0.2, 0) is 23.7 Å². The van der Waals surface area contributed by atoms with Gasteiger partial charge in [-0.3, -0.25) is 0 Å². The SMILES string of the molecule is C=C(C)C(=O)OCCCOCCOCCOCCO. The van der Waals surface area contributed by atoms with Crippen LogP contribution < -0.4 is 0 Å². The Morgan fingerprint density at radius 1 is 0.947 bits per heavy atom. The molecule has 0 rings (SSSR count). The molecule has 0 amide bonds. The van der Waals surface area contributed by atoms with Gasteiger partial charge in [0.15, 0.2) is 0 Å². The standard InChI is InChI=1S/C13H24O6/c1-12(2)13(15)19-6-3-5-16-8-10-18-11-9-17-7-4-14/h14H,1,3-11H2,2H3. The molecule has 0 aliphatic carbocycles. The zero-order chi connectivity index (χ0) is 14.3. The highest BCUT2D eigenvalue weighted by atomic mass is 16.5. The van der Waals surface area contributed by atoms with Crippen LogP contribution in [0.4, 0.5) is 0 Å². The molecule has 0 aromatic carbocycles. The van der Waals surface area contributed by atoms with E-state index in [1.165, 1.54) is 0 Å². The fraction of sp³-hybridized carbons (Fsp3) is 0.769. The first-order valence-corrected chi connectivity index (χ1v) is 6.35. The van der Waals surface area contributed by atoms with Gasteiger partial charge in [0.1, 0.15) is 0 Å². The molecular weight excluding hydrogens is 252 g/mol. The van der Waals surface area contributed by atoms with E-state index in [1.54, 1.807) is 6.92 Å². The minimum absolute atomic E-state index is 0.0268. The monoisotopic (exact) mass is 276 g/mol. The second-order valence-corrected chi connectivity index (χ2v) is 3.83. The number of hydrogen-bond acceptors (Lipinski definition) is 6. The summed E-state index contributed by atoms with van der Waals surface area (Å²) in [5.74, 6) is -0.369. The van der Waals surface area contributed by atoms with Crippen LogP contribution in [0.1, 0.15) is 13.3 Å². The third-order valence-electron chi connectivity index (χ3n) is 1.99. The van der Waals surface area contributed by atoms with E-state index >= 15 is 0 Å². The highest BCUT2D eigenvalue weighted by Gasteiger charge is 2.01. The van der Waals surface area contributed by atoms with Crippen molar-refractivity contribution in [1.82, 2.24) is 0 Å². The van der Waals surface area contributed by atoms with E-state index in [0.717, 1.165) is 0 Å². The molecule has 0 unspecified atom stereocenters. The Morgan fingerprint density at radius 2 is 1.47 bits per heavy atom. The fourth-order valence-corrected chi connectivity index (χ4v) is 1.06. The predicted molar refractivity (Wildman–Crippen MR) is 69.9 cm³/mol. The molecule has 1 N–H and O–H groups in total. The number of rotatable bonds is 13. The molecule has 0 heterocycles. The zero-order valence-electron chi connectivity index (χ0n) is 11.6. The first kappa shape index (κ1) is 18.0. The summed E-state index contributed by atoms with van der Waals surface area (Å²) in [5, 5.41) is 8.45. The van der Waals surface area contributed by atoms with Crippen LogP contribution in [-0.4, -0.2) is 63.9 Å². The number of aliphatic hydroxyl groups is 1. The van der Waals surface area contributed by atoms with Crippen LogP contribution >= 0.6 is 0 Å². The summed E-state index contributed by atoms with van der Waals surface area (Å²) in [4.78, 5) is 11.0. The van der Waals surface area contributed by atoms with E-state index in [-0.39, 0.29) is 12.6 Å². The first-order chi connectivity index (χ1) is 9.18. The molecule has 0 saturated carbocycles. The molecule has 0 aromatic rings. The lowest BCUT2D eigenvalue weighted by Gasteiger charge is -2.07. The van der Waals surface area contributed by atoms with Gasteiger partial charge in [-0.1, -0.05) is 6.58 Å². The van der Waals surface area contributed by atoms with Crippen molar-refractivity contribution in [2.75, 3.05) is 52.9 Å². The van der Waals surface area contributed by atoms with Gasteiger partial charge in [-0.15, -0.1) is 0 Å². The van der Waals surface area contributed by atoms with Crippen molar-refractivity contribution >= 4 is 5.97 Å². The van der Waals surface area contributed by atoms with Gasteiger partial charge in [0.25, 0.3) is 0 Å². The molecule has 0 aliphatic heterocycles. The van der Waals surface area contributed by atoms with Crippen molar-refractivity contribution in [2.45, 2.75) is 13.3 Å². The number of hydrogen-bond donors (Lipinski definition) is 1. The van der Waals surface area contributed by atoms with Crippen LogP contribution in [0.3, 0.4) is 0 Å². The van der Waals surface area contributed by atoms with Crippen molar-refractivity contribution < 1.29 is 28.8 Å². The van der Waals surface area contributed by atoms with Gasteiger partial charge in [0.2, 0.25) is 0 Å². The summed E-state index contributed by atoms with van der Waals surface area (Å²) in [6, 6.07) is 0. The lowest BCUT2D eigenvalue weighted by molar-refractivity contribution is -0.139. The summed E-state index contributed by atoms with van der Waals surface area (Å²) < 4.78 is 20.4. The van der Waals surface area contributed by atoms with Gasteiger partial charge in [-0.05, 0) is 6.92 Å². The van der Waals surface area contributed by atoms with Crippen LogP contribution in [0.2, 0.25) is 0 Å². The first-order valence-electron chi connectivity index (χ1n) is 6.35. The van der Waals surface area contributed by atoms with E-state index in [9.17, 15) is 4.79 Å². The van der Waals surface area contributed by atoms with Gasteiger partial charge in [0.05, 0.1) is 46.2 Å². The number of aliphatic hydroxyl groups excluding tert-OH is 1. The minimum atomic E-state index is -0.369. The minimum Gasteiger partial charge on any atom is -0.462 e. The quantitative estimate of drug-likeness (QED) is 0.301. The summed E-state index contributed by atoms with van der Waals surface area (Å²) in [6.45, 7) is 8.26. The van der Waals surface area contributed by atoms with E-state index in [4.69, 9.17) is 24.1 Å². The fourth-order valence-electron chi connectivity index (χ4n) is 1.06. The van der Waals surface area contributed by atoms with Crippen LogP contribution in [0.25, 0.3) is 0 Å². The average Bonchev–Trinajstić information content (AvgIpc) is 2.39. The highest BCUT2D eigenvalue weighted by Crippen LogP contribution is 1.93. The maximum absolute atomic E-state index is 11.0. The summed E-state index contributed by atoms with van der Waals surface area (Å²) in [5.41, 5.74) is 0.401. The topological polar surface area (TPSA) is 74.2 Å². The van der Waals surface area contributed by atoms with E-state index in [0.29, 0.717) is 58.2 Å². The second kappa shape index (κ2) is 13.5. The van der Waals surface area contributed by atoms with Crippen molar-refractivity contribution in [2.24, 2.45) is 0 Å². The zero-order valence-corrected chi connectivity index (χ0v) is 11.6. The van der Waals surface area contributed by atoms with Gasteiger partial charge >= 0.3 is 5.97 Å². The normalized spacial score (nSPS) is 10.4. The molecule has 0 radical (unpaired) electrons. The Kier molecular flexibility index (Phi) is 12.8. The lowest BCUT2D eigenvalue weighted by atomic mass is 10.4. The molecule has 19 heavy (non-hydrogen) atoms. The summed E-state index contributed by atoms with van der Waals surface area (Å²) in [7, 11) is 0. The van der Waals surface area contributed by atoms with E-state index in [2.05, 4.69) is 6.58 Å². The van der Waals surface area contributed by atoms with Crippen molar-refractivity contribution in [1.29, 1.82) is 0 Å². The number of ether oxygens (including phenoxy) is 4. The Morgan fingerprint density at radius 3 is 2.00 bits per heavy atom. The molecule has 0 aromatic heterocycles. The Labute approximate surface area is 114 Å². The molecule has 0 spiro atoms. The average molecular weight is 276 g/mol. The van der Waals surface area contributed by atoms with Crippen LogP contribution in [0.5, 0.6) is 0 Å². The largest absolute Gasteiger partial charge is 0.462 e. The maximum atomic E-state index is 11.0. The van der Waals surface area contributed by atoms with Crippen LogP contribution in [0.15, 0.2) is 12.2 Å². The molecular formula is C13H24O6. The summed E-state index contributed by atoms with van der Waals surface area (Å²) in [6.07, 6.45) is 0.651. The van der Waals surface area contributed by atoms with E-state index < -0.39 is 0 Å². The Bertz CT molecular complexity index is 241. The number of esters is 1. The third kappa shape index (κ3) is 13.3. The van der Waals surface area contributed by atoms with Gasteiger partial charge in [-0.25, -0.2) is 4.79 Å². The molecule has 6 heteroatoms. The van der Waals surface area contributed by atoms with Gasteiger partial charge in [0, 0.05) is 18.6 Å². The molecule has 0 atom stereocenters. The highest BCUT2D eigenvalue weighted by molar-refractivity contribution is 5.86. The lowest BCUT2D eigenvalue weighted by Crippen LogP contribution is -2.12. The van der Waals surface area contributed by atoms with Crippen LogP contribution in [0, 0.1) is 0 Å². The number of carbonyl (C=O) groups excluding carboxylic acids is 1. The molecule has 0 bridgehead atoms. The summed E-state index contributed by atoms with van der Waals surface area (Å²) >= 11 is 0. The molecule has 6 nitrogen and oxygen atoms in total. The predicted octanol–water partition coefficient (Wildman–Crippen LogP) is 0.538. The smallest absolute Gasteiger partial charge is 0.333 e. The molecule has 0 aliphatic rings. The van der Waals surface area contributed by atoms with Crippen molar-refractivity contribution in [3.05, 3.63) is 12.2 Å². The van der Waals surface area contributed by atoms with Gasteiger partial charge < -0.3 is 24.1 Å². The molecule has 0 saturated heterocycles.